The molecule has 8 heteroatoms. The number of alkyl halides is 3. The zero-order valence-corrected chi connectivity index (χ0v) is 7.00. The van der Waals surface area contributed by atoms with Crippen molar-refractivity contribution >= 4 is 18.2 Å². The number of hydrogen-bond acceptors (Lipinski definition) is 4. The number of carboxylic acid groups (broad SMARTS) is 1. The number of esters is 1. The van der Waals surface area contributed by atoms with Gasteiger partial charge in [0, 0.05) is 6.92 Å². The number of ether oxygens (including phenoxy) is 1. The van der Waals surface area contributed by atoms with E-state index in [0.29, 0.717) is 6.29 Å². The second-order valence-electron chi connectivity index (χ2n) is 1.77. The maximum atomic E-state index is 10.6. The van der Waals surface area contributed by atoms with Crippen LogP contribution in [0.5, 0.6) is 0 Å². The van der Waals surface area contributed by atoms with Crippen molar-refractivity contribution in [3.8, 4) is 0 Å². The first-order valence-corrected chi connectivity index (χ1v) is 3.09. The van der Waals surface area contributed by atoms with Gasteiger partial charge in [0.05, 0.1) is 0 Å². The highest BCUT2D eigenvalue weighted by Gasteiger charge is 2.38. The lowest BCUT2D eigenvalue weighted by molar-refractivity contribution is -0.192. The van der Waals surface area contributed by atoms with Crippen molar-refractivity contribution in [2.24, 2.45) is 0 Å². The number of hydrogen-bond donors (Lipinski definition) is 1. The van der Waals surface area contributed by atoms with Crippen molar-refractivity contribution < 1.29 is 37.4 Å². The summed E-state index contributed by atoms with van der Waals surface area (Å²) in [6.45, 7) is 1.12. The molecule has 0 atom stereocenters. The lowest BCUT2D eigenvalue weighted by Gasteiger charge is -1.93. The van der Waals surface area contributed by atoms with Crippen LogP contribution in [0, 0.1) is 0 Å². The monoisotopic (exact) mass is 216 g/mol. The molecule has 0 heterocycles. The molecule has 0 aromatic carbocycles. The van der Waals surface area contributed by atoms with Crippen LogP contribution in [0.25, 0.3) is 0 Å². The third-order valence-electron chi connectivity index (χ3n) is 0.597. The minimum atomic E-state index is -5.08. The highest BCUT2D eigenvalue weighted by atomic mass is 19.4. The number of carbonyl (C=O) groups is 3. The molecule has 1 N–H and O–H groups in total. The number of aldehydes is 1. The van der Waals surface area contributed by atoms with Gasteiger partial charge in [-0.2, -0.15) is 13.2 Å². The third kappa shape index (κ3) is 13.0. The maximum absolute atomic E-state index is 10.6. The molecule has 0 bridgehead atoms. The van der Waals surface area contributed by atoms with Gasteiger partial charge in [-0.25, -0.2) is 4.79 Å². The average Bonchev–Trinajstić information content (AvgIpc) is 2.00. The van der Waals surface area contributed by atoms with Crippen LogP contribution in [0.4, 0.5) is 13.2 Å². The molecule has 0 rings (SSSR count). The fourth-order valence-electron chi connectivity index (χ4n) is 0.151. The van der Waals surface area contributed by atoms with E-state index < -0.39 is 18.1 Å². The van der Waals surface area contributed by atoms with Crippen molar-refractivity contribution in [2.45, 2.75) is 13.1 Å². The Labute approximate surface area is 76.5 Å². The number of halogens is 3. The molecule has 14 heavy (non-hydrogen) atoms. The zero-order valence-electron chi connectivity index (χ0n) is 7.00. The van der Waals surface area contributed by atoms with Gasteiger partial charge in [-0.15, -0.1) is 0 Å². The predicted octanol–water partition coefficient (Wildman–Crippen LogP) is 0.382. The molecular formula is C6H7F3O5. The van der Waals surface area contributed by atoms with Crippen LogP contribution in [-0.4, -0.2) is 36.1 Å². The first-order chi connectivity index (χ1) is 6.21. The minimum Gasteiger partial charge on any atom is -0.475 e. The number of rotatable bonds is 2. The van der Waals surface area contributed by atoms with Gasteiger partial charge in [0.25, 0.3) is 0 Å². The van der Waals surface area contributed by atoms with E-state index in [9.17, 15) is 22.8 Å². The summed E-state index contributed by atoms with van der Waals surface area (Å²) in [6, 6.07) is 0. The summed E-state index contributed by atoms with van der Waals surface area (Å²) in [4.78, 5) is 28.1. The molecule has 0 fully saturated rings. The highest BCUT2D eigenvalue weighted by molar-refractivity contribution is 5.73. The predicted molar refractivity (Wildman–Crippen MR) is 36.4 cm³/mol. The number of aliphatic carboxylic acids is 1. The Morgan fingerprint density at radius 1 is 1.43 bits per heavy atom. The number of carbonyl (C=O) groups excluding carboxylic acids is 2. The van der Waals surface area contributed by atoms with Gasteiger partial charge < -0.3 is 9.84 Å². The Kier molecular flexibility index (Phi) is 7.31. The summed E-state index contributed by atoms with van der Waals surface area (Å²) in [6.07, 6.45) is -4.55. The van der Waals surface area contributed by atoms with Crippen molar-refractivity contribution in [3.63, 3.8) is 0 Å². The van der Waals surface area contributed by atoms with E-state index in [4.69, 9.17) is 9.90 Å². The minimum absolute atomic E-state index is 0.130. The van der Waals surface area contributed by atoms with E-state index in [1.807, 2.05) is 0 Å². The van der Waals surface area contributed by atoms with Crippen molar-refractivity contribution in [2.75, 3.05) is 6.61 Å². The summed E-state index contributed by atoms with van der Waals surface area (Å²) in [5, 5.41) is 7.12. The molecule has 0 aliphatic carbocycles. The van der Waals surface area contributed by atoms with Crippen molar-refractivity contribution in [3.05, 3.63) is 0 Å². The molecule has 0 amide bonds. The van der Waals surface area contributed by atoms with Gasteiger partial charge in [0.1, 0.15) is 6.61 Å². The summed E-state index contributed by atoms with van der Waals surface area (Å²) >= 11 is 0. The molecule has 0 aromatic rings. The molecule has 0 aromatic heterocycles. The lowest BCUT2D eigenvalue weighted by atomic mass is 10.7. The Bertz CT molecular complexity index is 210. The van der Waals surface area contributed by atoms with Crippen LogP contribution < -0.4 is 0 Å². The van der Waals surface area contributed by atoms with E-state index in [-0.39, 0.29) is 6.61 Å². The zero-order chi connectivity index (χ0) is 11.8. The summed E-state index contributed by atoms with van der Waals surface area (Å²) in [5.74, 6) is -3.18. The van der Waals surface area contributed by atoms with Crippen LogP contribution in [0.15, 0.2) is 0 Å². The Morgan fingerprint density at radius 2 is 1.79 bits per heavy atom. The molecule has 0 saturated heterocycles. The van der Waals surface area contributed by atoms with E-state index >= 15 is 0 Å². The third-order valence-corrected chi connectivity index (χ3v) is 0.597. The van der Waals surface area contributed by atoms with E-state index in [2.05, 4.69) is 4.74 Å². The largest absolute Gasteiger partial charge is 0.490 e. The molecule has 0 saturated carbocycles. The van der Waals surface area contributed by atoms with Crippen LogP contribution in [-0.2, 0) is 19.1 Å². The van der Waals surface area contributed by atoms with Gasteiger partial charge in [-0.3, -0.25) is 9.59 Å². The maximum Gasteiger partial charge on any atom is 0.490 e. The molecular weight excluding hydrogens is 209 g/mol. The second-order valence-corrected chi connectivity index (χ2v) is 1.77. The summed E-state index contributed by atoms with van der Waals surface area (Å²) in [7, 11) is 0. The van der Waals surface area contributed by atoms with Crippen LogP contribution in [0.3, 0.4) is 0 Å². The first-order valence-electron chi connectivity index (χ1n) is 3.09. The average molecular weight is 216 g/mol. The number of carboxylic acids is 1. The summed E-state index contributed by atoms with van der Waals surface area (Å²) in [5.41, 5.74) is 0. The van der Waals surface area contributed by atoms with E-state index in [0.717, 1.165) is 0 Å². The fourth-order valence-corrected chi connectivity index (χ4v) is 0.151. The van der Waals surface area contributed by atoms with E-state index in [1.54, 1.807) is 0 Å². The fraction of sp³-hybridized carbons (Fsp3) is 0.500. The first kappa shape index (κ1) is 14.9. The Morgan fingerprint density at radius 3 is 1.86 bits per heavy atom. The van der Waals surface area contributed by atoms with Gasteiger partial charge >= 0.3 is 18.1 Å². The molecule has 0 aliphatic rings. The molecule has 0 radical (unpaired) electrons. The van der Waals surface area contributed by atoms with Crippen molar-refractivity contribution in [1.29, 1.82) is 0 Å². The standard InChI is InChI=1S/C4H6O3.C2HF3O2/c1-4(6)7-3-2-5;3-2(4,5)1(6)7/h2H,3H2,1H3;(H,6,7). The Balaban J connectivity index is 0. The second kappa shape index (κ2) is 6.87. The van der Waals surface area contributed by atoms with Gasteiger partial charge in [-0.1, -0.05) is 0 Å². The van der Waals surface area contributed by atoms with Crippen LogP contribution in [0.1, 0.15) is 6.92 Å². The van der Waals surface area contributed by atoms with E-state index in [1.165, 1.54) is 6.92 Å². The lowest BCUT2D eigenvalue weighted by Crippen LogP contribution is -2.21. The SMILES string of the molecule is CC(=O)OCC=O.O=C(O)C(F)(F)F. The van der Waals surface area contributed by atoms with Crippen LogP contribution >= 0.6 is 0 Å². The molecule has 5 nitrogen and oxygen atoms in total. The van der Waals surface area contributed by atoms with Crippen LogP contribution in [0.2, 0.25) is 0 Å². The smallest absolute Gasteiger partial charge is 0.475 e. The quantitative estimate of drug-likeness (QED) is 0.533. The van der Waals surface area contributed by atoms with Crippen molar-refractivity contribution in [1.82, 2.24) is 0 Å². The molecule has 0 spiro atoms. The molecule has 0 unspecified atom stereocenters. The highest BCUT2D eigenvalue weighted by Crippen LogP contribution is 2.13. The topological polar surface area (TPSA) is 80.7 Å². The van der Waals surface area contributed by atoms with Gasteiger partial charge in [-0.05, 0) is 0 Å². The summed E-state index contributed by atoms with van der Waals surface area (Å²) < 4.78 is 35.9. The molecule has 0 aliphatic heterocycles. The van der Waals surface area contributed by atoms with Gasteiger partial charge in [0.15, 0.2) is 6.29 Å². The Hall–Kier alpha value is -1.60. The van der Waals surface area contributed by atoms with Gasteiger partial charge in [0.2, 0.25) is 0 Å². The molecule has 82 valence electrons. The normalized spacial score (nSPS) is 9.43.